The summed E-state index contributed by atoms with van der Waals surface area (Å²) in [5, 5.41) is 0. The number of nitrogens with zero attached hydrogens (tertiary/aromatic N) is 1. The average Bonchev–Trinajstić information content (AvgIpc) is 2.62. The van der Waals surface area contributed by atoms with Gasteiger partial charge in [0.1, 0.15) is 0 Å². The highest BCUT2D eigenvalue weighted by atomic mass is 16.2. The van der Waals surface area contributed by atoms with Gasteiger partial charge >= 0.3 is 0 Å². The summed E-state index contributed by atoms with van der Waals surface area (Å²) >= 11 is 0. The molecule has 0 bridgehead atoms. The van der Waals surface area contributed by atoms with Crippen LogP contribution in [0.2, 0.25) is 0 Å². The van der Waals surface area contributed by atoms with E-state index in [-0.39, 0.29) is 0 Å². The molecule has 88 valence electrons. The largest absolute Gasteiger partial charge is 0.343 e. The van der Waals surface area contributed by atoms with Crippen molar-refractivity contribution in [3.8, 4) is 0 Å². The summed E-state index contributed by atoms with van der Waals surface area (Å²) in [5.74, 6) is 0.366. The van der Waals surface area contributed by atoms with Gasteiger partial charge in [0.05, 0.1) is 0 Å². The van der Waals surface area contributed by atoms with Gasteiger partial charge in [-0.15, -0.1) is 0 Å². The molecular weight excluding hydrogens is 186 g/mol. The number of hydrogen-bond donors (Lipinski definition) is 0. The van der Waals surface area contributed by atoms with E-state index in [1.807, 2.05) is 4.90 Å². The van der Waals surface area contributed by atoms with Crippen molar-refractivity contribution in [1.29, 1.82) is 0 Å². The van der Waals surface area contributed by atoms with Crippen LogP contribution in [0.1, 0.15) is 59.3 Å². The van der Waals surface area contributed by atoms with E-state index in [0.29, 0.717) is 11.3 Å². The monoisotopic (exact) mass is 211 g/mol. The van der Waals surface area contributed by atoms with Crippen LogP contribution in [0.25, 0.3) is 0 Å². The lowest BCUT2D eigenvalue weighted by Gasteiger charge is -2.30. The van der Waals surface area contributed by atoms with Gasteiger partial charge in [-0.2, -0.15) is 0 Å². The van der Waals surface area contributed by atoms with Crippen LogP contribution in [-0.2, 0) is 4.79 Å². The van der Waals surface area contributed by atoms with Crippen molar-refractivity contribution in [3.63, 3.8) is 0 Å². The quantitative estimate of drug-likeness (QED) is 0.660. The van der Waals surface area contributed by atoms with E-state index in [1.165, 1.54) is 25.7 Å². The molecule has 2 nitrogen and oxygen atoms in total. The Labute approximate surface area is 94.0 Å². The zero-order valence-corrected chi connectivity index (χ0v) is 10.5. The van der Waals surface area contributed by atoms with Crippen LogP contribution in [0.4, 0.5) is 0 Å². The second kappa shape index (κ2) is 5.53. The third kappa shape index (κ3) is 3.51. The second-order valence-electron chi connectivity index (χ2n) is 5.15. The maximum absolute atomic E-state index is 11.5. The van der Waals surface area contributed by atoms with E-state index in [4.69, 9.17) is 0 Å². The molecule has 0 radical (unpaired) electrons. The molecule has 0 aromatic heterocycles. The van der Waals surface area contributed by atoms with Gasteiger partial charge in [-0.05, 0) is 24.7 Å². The van der Waals surface area contributed by atoms with Crippen molar-refractivity contribution in [1.82, 2.24) is 4.90 Å². The maximum Gasteiger partial charge on any atom is 0.222 e. The molecule has 0 aliphatic carbocycles. The van der Waals surface area contributed by atoms with Gasteiger partial charge < -0.3 is 4.90 Å². The summed E-state index contributed by atoms with van der Waals surface area (Å²) < 4.78 is 0. The summed E-state index contributed by atoms with van der Waals surface area (Å²) in [5.41, 5.74) is 0.442. The molecule has 0 saturated carbocycles. The number of carbonyl (C=O) groups is 1. The molecule has 1 aliphatic rings. The predicted molar refractivity (Wildman–Crippen MR) is 63.7 cm³/mol. The van der Waals surface area contributed by atoms with E-state index in [0.717, 1.165) is 25.9 Å². The second-order valence-corrected chi connectivity index (χ2v) is 5.15. The lowest BCUT2D eigenvalue weighted by Crippen LogP contribution is -2.30. The van der Waals surface area contributed by atoms with Crippen LogP contribution in [0.3, 0.4) is 0 Å². The minimum Gasteiger partial charge on any atom is -0.343 e. The molecule has 0 aromatic rings. The van der Waals surface area contributed by atoms with Gasteiger partial charge in [0.25, 0.3) is 0 Å². The molecule has 0 N–H and O–H groups in total. The summed E-state index contributed by atoms with van der Waals surface area (Å²) in [6, 6.07) is 0. The molecule has 1 fully saturated rings. The Hall–Kier alpha value is -0.530. The first kappa shape index (κ1) is 12.5. The molecule has 1 saturated heterocycles. The van der Waals surface area contributed by atoms with Crippen LogP contribution in [0.15, 0.2) is 0 Å². The number of amides is 1. The molecule has 1 heterocycles. The molecule has 0 spiro atoms. The summed E-state index contributed by atoms with van der Waals surface area (Å²) in [7, 11) is 0. The van der Waals surface area contributed by atoms with Gasteiger partial charge in [0, 0.05) is 19.5 Å². The number of rotatable bonds is 6. The van der Waals surface area contributed by atoms with Crippen molar-refractivity contribution in [2.24, 2.45) is 5.41 Å². The van der Waals surface area contributed by atoms with E-state index in [9.17, 15) is 4.79 Å². The summed E-state index contributed by atoms with van der Waals surface area (Å²) in [4.78, 5) is 13.5. The number of hydrogen-bond acceptors (Lipinski definition) is 1. The van der Waals surface area contributed by atoms with Crippen molar-refractivity contribution in [2.45, 2.75) is 59.3 Å². The topological polar surface area (TPSA) is 20.3 Å². The smallest absolute Gasteiger partial charge is 0.222 e. The molecule has 1 amide bonds. The third-order valence-corrected chi connectivity index (χ3v) is 3.86. The fourth-order valence-corrected chi connectivity index (χ4v) is 2.43. The SMILES string of the molecule is CCCC(C)(CC)CCN1CCCC1=O. The highest BCUT2D eigenvalue weighted by Gasteiger charge is 2.25. The van der Waals surface area contributed by atoms with Crippen LogP contribution in [0, 0.1) is 5.41 Å². The summed E-state index contributed by atoms with van der Waals surface area (Å²) in [6.07, 6.45) is 6.77. The Balaban J connectivity index is 2.36. The highest BCUT2D eigenvalue weighted by molar-refractivity contribution is 5.77. The van der Waals surface area contributed by atoms with Crippen LogP contribution in [0.5, 0.6) is 0 Å². The molecule has 2 heteroatoms. The van der Waals surface area contributed by atoms with E-state index >= 15 is 0 Å². The predicted octanol–water partition coefficient (Wildman–Crippen LogP) is 3.22. The highest BCUT2D eigenvalue weighted by Crippen LogP contribution is 2.32. The Morgan fingerprint density at radius 2 is 2.07 bits per heavy atom. The van der Waals surface area contributed by atoms with Crippen molar-refractivity contribution >= 4 is 5.91 Å². The normalized spacial score (nSPS) is 20.7. The maximum atomic E-state index is 11.5. The standard InChI is InChI=1S/C13H25NO/c1-4-8-13(3,5-2)9-11-14-10-6-7-12(14)15/h4-11H2,1-3H3. The lowest BCUT2D eigenvalue weighted by molar-refractivity contribution is -0.128. The van der Waals surface area contributed by atoms with Crippen LogP contribution >= 0.6 is 0 Å². The lowest BCUT2D eigenvalue weighted by atomic mass is 9.80. The zero-order chi connectivity index (χ0) is 11.3. The minimum absolute atomic E-state index is 0.366. The number of likely N-dealkylation sites (tertiary alicyclic amines) is 1. The Bertz CT molecular complexity index is 215. The van der Waals surface area contributed by atoms with E-state index in [1.54, 1.807) is 0 Å². The van der Waals surface area contributed by atoms with Crippen LogP contribution < -0.4 is 0 Å². The molecule has 1 aliphatic heterocycles. The Morgan fingerprint density at radius 1 is 1.33 bits per heavy atom. The van der Waals surface area contributed by atoms with Crippen LogP contribution in [-0.4, -0.2) is 23.9 Å². The fraction of sp³-hybridized carbons (Fsp3) is 0.923. The molecular formula is C13H25NO. The first-order chi connectivity index (χ1) is 7.11. The van der Waals surface area contributed by atoms with Gasteiger partial charge in [0.2, 0.25) is 5.91 Å². The van der Waals surface area contributed by atoms with Crippen molar-refractivity contribution < 1.29 is 4.79 Å². The van der Waals surface area contributed by atoms with Gasteiger partial charge in [-0.3, -0.25) is 4.79 Å². The zero-order valence-electron chi connectivity index (χ0n) is 10.5. The fourth-order valence-electron chi connectivity index (χ4n) is 2.43. The first-order valence-electron chi connectivity index (χ1n) is 6.39. The minimum atomic E-state index is 0.366. The molecule has 1 rings (SSSR count). The van der Waals surface area contributed by atoms with Gasteiger partial charge in [-0.1, -0.05) is 33.6 Å². The Morgan fingerprint density at radius 3 is 2.53 bits per heavy atom. The number of carbonyl (C=O) groups excluding carboxylic acids is 1. The van der Waals surface area contributed by atoms with Gasteiger partial charge in [-0.25, -0.2) is 0 Å². The third-order valence-electron chi connectivity index (χ3n) is 3.86. The molecule has 1 atom stereocenters. The summed E-state index contributed by atoms with van der Waals surface area (Å²) in [6.45, 7) is 8.83. The van der Waals surface area contributed by atoms with E-state index in [2.05, 4.69) is 20.8 Å². The molecule has 0 aromatic carbocycles. The molecule has 15 heavy (non-hydrogen) atoms. The Kier molecular flexibility index (Phi) is 4.62. The van der Waals surface area contributed by atoms with Crippen molar-refractivity contribution in [3.05, 3.63) is 0 Å². The van der Waals surface area contributed by atoms with E-state index < -0.39 is 0 Å². The van der Waals surface area contributed by atoms with Crippen molar-refractivity contribution in [2.75, 3.05) is 13.1 Å². The van der Waals surface area contributed by atoms with Gasteiger partial charge in [0.15, 0.2) is 0 Å². The first-order valence-corrected chi connectivity index (χ1v) is 6.39. The average molecular weight is 211 g/mol. The molecule has 1 unspecified atom stereocenters.